The first kappa shape index (κ1) is 23.5. The van der Waals surface area contributed by atoms with Crippen LogP contribution in [0.15, 0.2) is 40.7 Å². The van der Waals surface area contributed by atoms with Gasteiger partial charge in [-0.05, 0) is 50.5 Å². The van der Waals surface area contributed by atoms with E-state index in [1.54, 1.807) is 22.4 Å². The van der Waals surface area contributed by atoms with E-state index in [9.17, 15) is 18.0 Å². The number of benzene rings is 1. The minimum Gasteiger partial charge on any atom is -0.446 e. The van der Waals surface area contributed by atoms with Gasteiger partial charge in [0.25, 0.3) is 10.0 Å². The quantitative estimate of drug-likeness (QED) is 0.605. The number of sulfonamides is 1. The van der Waals surface area contributed by atoms with E-state index >= 15 is 0 Å². The van der Waals surface area contributed by atoms with E-state index in [0.29, 0.717) is 56.3 Å². The van der Waals surface area contributed by atoms with E-state index in [2.05, 4.69) is 19.9 Å². The van der Waals surface area contributed by atoms with E-state index < -0.39 is 16.1 Å². The Morgan fingerprint density at radius 3 is 2.58 bits per heavy atom. The van der Waals surface area contributed by atoms with E-state index in [1.165, 1.54) is 29.7 Å². The van der Waals surface area contributed by atoms with Gasteiger partial charge in [0.2, 0.25) is 5.91 Å². The number of nitrogens with one attached hydrogen (secondary N) is 2. The summed E-state index contributed by atoms with van der Waals surface area (Å²) < 4.78 is 32.9. The Kier molecular flexibility index (Phi) is 7.15. The molecule has 2 aliphatic rings. The molecular weight excluding hydrogens is 466 g/mol. The van der Waals surface area contributed by atoms with Crippen LogP contribution in [0.1, 0.15) is 27.6 Å². The zero-order chi connectivity index (χ0) is 23.4. The van der Waals surface area contributed by atoms with Crippen LogP contribution in [0, 0.1) is 0 Å². The summed E-state index contributed by atoms with van der Waals surface area (Å²) in [4.78, 5) is 32.6. The van der Waals surface area contributed by atoms with Gasteiger partial charge in [0, 0.05) is 44.9 Å². The van der Waals surface area contributed by atoms with Crippen LogP contribution >= 0.6 is 11.3 Å². The Morgan fingerprint density at radius 2 is 1.94 bits per heavy atom. The molecule has 4 rings (SSSR count). The van der Waals surface area contributed by atoms with Crippen LogP contribution in [0.25, 0.3) is 0 Å². The zero-order valence-corrected chi connectivity index (χ0v) is 19.9. The normalized spacial score (nSPS) is 20.1. The predicted molar refractivity (Wildman–Crippen MR) is 127 cm³/mol. The van der Waals surface area contributed by atoms with Gasteiger partial charge in [-0.3, -0.25) is 14.4 Å². The fourth-order valence-electron chi connectivity index (χ4n) is 4.16. The molecule has 12 heteroatoms. The average Bonchev–Trinajstić information content (AvgIpc) is 3.44. The number of likely N-dealkylation sites (tertiary alicyclic amines) is 1. The molecule has 1 aromatic heterocycles. The van der Waals surface area contributed by atoms with Gasteiger partial charge in [-0.1, -0.05) is 0 Å². The molecule has 0 aliphatic carbocycles. The lowest BCUT2D eigenvalue weighted by molar-refractivity contribution is -0.122. The smallest absolute Gasteiger partial charge is 0.407 e. The summed E-state index contributed by atoms with van der Waals surface area (Å²) in [6.07, 6.45) is 3.09. The van der Waals surface area contributed by atoms with Gasteiger partial charge in [-0.2, -0.15) is 0 Å². The highest BCUT2D eigenvalue weighted by molar-refractivity contribution is 7.93. The number of thiazole rings is 1. The molecule has 0 radical (unpaired) electrons. The van der Waals surface area contributed by atoms with Crippen LogP contribution in [-0.2, 0) is 19.6 Å². The first-order chi connectivity index (χ1) is 15.9. The van der Waals surface area contributed by atoms with E-state index in [4.69, 9.17) is 4.74 Å². The van der Waals surface area contributed by atoms with Gasteiger partial charge < -0.3 is 15.0 Å². The molecule has 0 spiro atoms. The molecule has 2 aliphatic heterocycles. The predicted octanol–water partition coefficient (Wildman–Crippen LogP) is 2.51. The van der Waals surface area contributed by atoms with Gasteiger partial charge in [0.15, 0.2) is 5.13 Å². The maximum atomic E-state index is 13.1. The van der Waals surface area contributed by atoms with Crippen molar-refractivity contribution < 1.29 is 24.2 Å². The molecule has 0 bridgehead atoms. The van der Waals surface area contributed by atoms with Gasteiger partial charge in [0.1, 0.15) is 6.10 Å². The highest BCUT2D eigenvalue weighted by atomic mass is 32.2. The lowest BCUT2D eigenvalue weighted by Crippen LogP contribution is -2.47. The second-order valence-corrected chi connectivity index (χ2v) is 10.5. The van der Waals surface area contributed by atoms with Crippen molar-refractivity contribution in [3.05, 3.63) is 35.8 Å². The molecule has 3 heterocycles. The molecule has 2 saturated heterocycles. The van der Waals surface area contributed by atoms with Gasteiger partial charge in [-0.25, -0.2) is 18.2 Å². The Bertz CT molecular complexity index is 1070. The third kappa shape index (κ3) is 5.45. The lowest BCUT2D eigenvalue weighted by Gasteiger charge is -2.34. The third-order valence-electron chi connectivity index (χ3n) is 5.80. The number of hydrogen-bond acceptors (Lipinski definition) is 8. The Labute approximate surface area is 198 Å². The number of amides is 2. The summed E-state index contributed by atoms with van der Waals surface area (Å²) in [5.41, 5.74) is 0.671. The second kappa shape index (κ2) is 10.1. The summed E-state index contributed by atoms with van der Waals surface area (Å²) in [6.45, 7) is 4.32. The van der Waals surface area contributed by atoms with Crippen LogP contribution < -0.4 is 14.9 Å². The van der Waals surface area contributed by atoms with Crippen LogP contribution in [0.5, 0.6) is 0 Å². The molecule has 2 amide bonds. The molecule has 2 aromatic rings. The molecule has 1 aromatic carbocycles. The number of carbonyl (C=O) groups excluding carboxylic acids is 2. The molecule has 0 saturated carbocycles. The summed E-state index contributed by atoms with van der Waals surface area (Å²) in [7, 11) is -3.74. The van der Waals surface area contributed by atoms with E-state index in [0.717, 1.165) is 0 Å². The highest BCUT2D eigenvalue weighted by Crippen LogP contribution is 2.28. The Morgan fingerprint density at radius 1 is 1.21 bits per heavy atom. The molecule has 180 valence electrons. The van der Waals surface area contributed by atoms with Gasteiger partial charge in [0.05, 0.1) is 10.9 Å². The maximum Gasteiger partial charge on any atom is 0.407 e. The van der Waals surface area contributed by atoms with E-state index in [-0.39, 0.29) is 24.4 Å². The molecule has 2 fully saturated rings. The molecule has 2 N–H and O–H groups in total. The van der Waals surface area contributed by atoms with Crippen molar-refractivity contribution in [1.82, 2.24) is 15.2 Å². The first-order valence-corrected chi connectivity index (χ1v) is 13.3. The number of ether oxygens (including phenoxy) is 1. The standard InChI is InChI=1S/C21H27N5O5S2.H2/c1-2-22-21(28)31-16-7-11-25(12-8-16)18-9-13-26(19(18)27)15-3-5-17(6-4-15)33(29,30)24-20-23-10-14-32-20;/h3-6,10,14,16,18H,2,7-9,11-13H2,1H3,(H,22,28)(H,23,24);1H/t18-;/m0./s1. The van der Waals surface area contributed by atoms with Crippen molar-refractivity contribution in [1.29, 1.82) is 0 Å². The fraction of sp³-hybridized carbons (Fsp3) is 0.476. The SMILES string of the molecule is CCNC(=O)OC1CCN([C@H]2CCN(c3ccc(S(=O)(=O)Nc4nccs4)cc3)C2=O)CC1.[HH]. The number of nitrogens with zero attached hydrogens (tertiary/aromatic N) is 3. The monoisotopic (exact) mass is 495 g/mol. The molecule has 33 heavy (non-hydrogen) atoms. The lowest BCUT2D eigenvalue weighted by atomic mass is 10.0. The van der Waals surface area contributed by atoms with E-state index in [1.807, 2.05) is 6.92 Å². The third-order valence-corrected chi connectivity index (χ3v) is 7.97. The molecular formula is C21H29N5O5S2. The molecule has 10 nitrogen and oxygen atoms in total. The largest absolute Gasteiger partial charge is 0.446 e. The van der Waals surface area contributed by atoms with Crippen molar-refractivity contribution in [2.45, 2.75) is 43.2 Å². The molecule has 0 unspecified atom stereocenters. The number of aromatic nitrogens is 1. The average molecular weight is 496 g/mol. The Balaban J connectivity index is 0.00000324. The first-order valence-electron chi connectivity index (χ1n) is 10.9. The van der Waals surface area contributed by atoms with Crippen LogP contribution in [0.2, 0.25) is 0 Å². The number of hydrogen-bond donors (Lipinski definition) is 2. The van der Waals surface area contributed by atoms with Gasteiger partial charge in [-0.15, -0.1) is 11.3 Å². The van der Waals surface area contributed by atoms with Crippen LogP contribution in [0.3, 0.4) is 0 Å². The number of alkyl carbamates (subject to hydrolysis) is 1. The summed E-state index contributed by atoms with van der Waals surface area (Å²) in [6, 6.07) is 6.09. The number of carbonyl (C=O) groups is 2. The minimum atomic E-state index is -3.74. The minimum absolute atomic E-state index is 0. The molecule has 1 atom stereocenters. The van der Waals surface area contributed by atoms with Crippen LogP contribution in [0.4, 0.5) is 15.6 Å². The second-order valence-electron chi connectivity index (χ2n) is 7.90. The fourth-order valence-corrected chi connectivity index (χ4v) is 5.94. The van der Waals surface area contributed by atoms with Crippen molar-refractivity contribution >= 4 is 44.2 Å². The zero-order valence-electron chi connectivity index (χ0n) is 18.3. The summed E-state index contributed by atoms with van der Waals surface area (Å²) in [5.74, 6) is 0.00890. The number of anilines is 2. The maximum absolute atomic E-state index is 13.1. The Hall–Kier alpha value is -2.70. The summed E-state index contributed by atoms with van der Waals surface area (Å²) in [5, 5.41) is 4.63. The highest BCUT2D eigenvalue weighted by Gasteiger charge is 2.38. The number of piperidine rings is 1. The van der Waals surface area contributed by atoms with Crippen LogP contribution in [-0.4, -0.2) is 68.6 Å². The topological polar surface area (TPSA) is 121 Å². The van der Waals surface area contributed by atoms with Crippen molar-refractivity contribution in [3.63, 3.8) is 0 Å². The summed E-state index contributed by atoms with van der Waals surface area (Å²) >= 11 is 1.20. The van der Waals surface area contributed by atoms with Crippen molar-refractivity contribution in [3.8, 4) is 0 Å². The van der Waals surface area contributed by atoms with Crippen molar-refractivity contribution in [2.75, 3.05) is 35.8 Å². The van der Waals surface area contributed by atoms with Crippen molar-refractivity contribution in [2.24, 2.45) is 0 Å². The number of rotatable bonds is 7. The van der Waals surface area contributed by atoms with Gasteiger partial charge >= 0.3 is 6.09 Å².